The number of aliphatic carboxylic acids is 1. The summed E-state index contributed by atoms with van der Waals surface area (Å²) >= 11 is 0. The fourth-order valence-electron chi connectivity index (χ4n) is 5.67. The Labute approximate surface area is 204 Å². The predicted molar refractivity (Wildman–Crippen MR) is 128 cm³/mol. The van der Waals surface area contributed by atoms with Gasteiger partial charge in [-0.2, -0.15) is 0 Å². The van der Waals surface area contributed by atoms with E-state index in [0.717, 1.165) is 11.1 Å². The number of nitrogens with zero attached hydrogens (tertiary/aromatic N) is 1. The average molecular weight is 479 g/mol. The van der Waals surface area contributed by atoms with E-state index in [-0.39, 0.29) is 43.4 Å². The van der Waals surface area contributed by atoms with Gasteiger partial charge in [-0.25, -0.2) is 9.59 Å². The van der Waals surface area contributed by atoms with E-state index >= 15 is 0 Å². The maximum atomic E-state index is 12.7. The Balaban J connectivity index is 1.10. The smallest absolute Gasteiger partial charge is 0.407 e. The van der Waals surface area contributed by atoms with Crippen molar-refractivity contribution in [2.45, 2.75) is 43.7 Å². The van der Waals surface area contributed by atoms with Crippen molar-refractivity contribution < 1.29 is 29.0 Å². The average Bonchev–Trinajstić information content (AvgIpc) is 3.51. The molecule has 1 aliphatic carbocycles. The van der Waals surface area contributed by atoms with Crippen LogP contribution in [0, 0.1) is 5.92 Å². The normalized spacial score (nSPS) is 23.3. The molecule has 3 unspecified atom stereocenters. The highest BCUT2D eigenvalue weighted by Gasteiger charge is 2.57. The van der Waals surface area contributed by atoms with Crippen molar-refractivity contribution in [1.29, 1.82) is 0 Å². The highest BCUT2D eigenvalue weighted by molar-refractivity contribution is 5.83. The van der Waals surface area contributed by atoms with Crippen LogP contribution in [-0.2, 0) is 19.1 Å². The number of carbonyl (C=O) groups is 3. The van der Waals surface area contributed by atoms with Crippen molar-refractivity contribution in [2.24, 2.45) is 5.92 Å². The lowest BCUT2D eigenvalue weighted by molar-refractivity contribution is -0.161. The molecule has 0 spiro atoms. The van der Waals surface area contributed by atoms with Crippen molar-refractivity contribution in [3.8, 4) is 11.1 Å². The number of carbonyl (C=O) groups excluding carboxylic acids is 2. The topological polar surface area (TPSA) is 105 Å². The third kappa shape index (κ3) is 4.27. The summed E-state index contributed by atoms with van der Waals surface area (Å²) in [5.74, 6) is -1.30. The number of carboxylic acids is 1. The van der Waals surface area contributed by atoms with Crippen molar-refractivity contribution in [3.05, 3.63) is 59.7 Å². The Kier molecular flexibility index (Phi) is 6.23. The van der Waals surface area contributed by atoms with Gasteiger partial charge in [0.2, 0.25) is 5.91 Å². The molecule has 2 saturated heterocycles. The molecule has 2 heterocycles. The summed E-state index contributed by atoms with van der Waals surface area (Å²) in [7, 11) is 0. The lowest BCUT2D eigenvalue weighted by Crippen LogP contribution is -2.45. The van der Waals surface area contributed by atoms with Gasteiger partial charge in [-0.1, -0.05) is 48.5 Å². The molecule has 8 heteroatoms. The largest absolute Gasteiger partial charge is 0.479 e. The Morgan fingerprint density at radius 3 is 2.43 bits per heavy atom. The number of fused-ring (bicyclic) bond motifs is 4. The van der Waals surface area contributed by atoms with E-state index in [0.29, 0.717) is 26.0 Å². The van der Waals surface area contributed by atoms with Gasteiger partial charge in [0.05, 0.1) is 6.54 Å². The zero-order valence-corrected chi connectivity index (χ0v) is 19.7. The summed E-state index contributed by atoms with van der Waals surface area (Å²) in [6.45, 7) is 2.96. The standard InChI is InChI=1S/C27H30N2O6/c1-17(10-11-24(30)29-14-18-12-13-35-27(18,16-29)25(31)32)28-26(33)34-15-23-21-8-4-2-6-19(21)20-7-3-5-9-22(20)23/h2-9,17-18,23H,10-16H2,1H3,(H,28,33)(H,31,32). The van der Waals surface area contributed by atoms with Crippen LogP contribution in [0.1, 0.15) is 43.2 Å². The van der Waals surface area contributed by atoms with Crippen LogP contribution in [0.4, 0.5) is 4.79 Å². The van der Waals surface area contributed by atoms with E-state index < -0.39 is 17.7 Å². The number of likely N-dealkylation sites (tertiary alicyclic amines) is 1. The molecule has 184 valence electrons. The van der Waals surface area contributed by atoms with Crippen LogP contribution < -0.4 is 5.32 Å². The quantitative estimate of drug-likeness (QED) is 0.632. The first-order valence-corrected chi connectivity index (χ1v) is 12.2. The summed E-state index contributed by atoms with van der Waals surface area (Å²) < 4.78 is 11.1. The molecule has 8 nitrogen and oxygen atoms in total. The van der Waals surface area contributed by atoms with Gasteiger partial charge in [0, 0.05) is 37.5 Å². The molecule has 2 fully saturated rings. The number of benzene rings is 2. The lowest BCUT2D eigenvalue weighted by atomic mass is 9.91. The molecule has 0 bridgehead atoms. The van der Waals surface area contributed by atoms with Gasteiger partial charge in [0.25, 0.3) is 0 Å². The minimum atomic E-state index is -1.26. The summed E-state index contributed by atoms with van der Waals surface area (Å²) in [4.78, 5) is 38.5. The van der Waals surface area contributed by atoms with Crippen molar-refractivity contribution in [1.82, 2.24) is 10.2 Å². The van der Waals surface area contributed by atoms with Gasteiger partial charge in [-0.15, -0.1) is 0 Å². The number of alkyl carbamates (subject to hydrolysis) is 1. The Bertz CT molecular complexity index is 1100. The van der Waals surface area contributed by atoms with Crippen LogP contribution in [0.2, 0.25) is 0 Å². The van der Waals surface area contributed by atoms with Gasteiger partial charge in [-0.05, 0) is 42.0 Å². The van der Waals surface area contributed by atoms with E-state index in [9.17, 15) is 19.5 Å². The molecule has 2 N–H and O–H groups in total. The molecule has 2 aliphatic heterocycles. The van der Waals surface area contributed by atoms with E-state index in [1.165, 1.54) is 11.1 Å². The van der Waals surface area contributed by atoms with Gasteiger partial charge in [-0.3, -0.25) is 4.79 Å². The molecule has 0 saturated carbocycles. The van der Waals surface area contributed by atoms with Gasteiger partial charge in [0.1, 0.15) is 6.61 Å². The third-order valence-corrected chi connectivity index (χ3v) is 7.57. The maximum absolute atomic E-state index is 12.7. The predicted octanol–water partition coefficient (Wildman–Crippen LogP) is 3.40. The fourth-order valence-corrected chi connectivity index (χ4v) is 5.67. The van der Waals surface area contributed by atoms with E-state index in [2.05, 4.69) is 29.6 Å². The molecule has 3 atom stereocenters. The van der Waals surface area contributed by atoms with E-state index in [1.54, 1.807) is 4.90 Å². The Morgan fingerprint density at radius 1 is 1.14 bits per heavy atom. The van der Waals surface area contributed by atoms with Crippen LogP contribution in [-0.4, -0.2) is 65.9 Å². The first-order valence-electron chi connectivity index (χ1n) is 12.2. The molecular formula is C27H30N2O6. The molecule has 0 radical (unpaired) electrons. The molecule has 2 aromatic rings. The number of ether oxygens (including phenoxy) is 2. The summed E-state index contributed by atoms with van der Waals surface area (Å²) in [5, 5.41) is 12.4. The zero-order chi connectivity index (χ0) is 24.6. The number of rotatable bonds is 7. The van der Waals surface area contributed by atoms with Crippen LogP contribution in [0.15, 0.2) is 48.5 Å². The number of carboxylic acid groups (broad SMARTS) is 1. The van der Waals surface area contributed by atoms with Gasteiger partial charge in [0.15, 0.2) is 5.60 Å². The number of hydrogen-bond acceptors (Lipinski definition) is 5. The monoisotopic (exact) mass is 478 g/mol. The molecule has 5 rings (SSSR count). The second-order valence-corrected chi connectivity index (χ2v) is 9.71. The fraction of sp³-hybridized carbons (Fsp3) is 0.444. The number of amides is 2. The van der Waals surface area contributed by atoms with Crippen molar-refractivity contribution in [2.75, 3.05) is 26.3 Å². The number of hydrogen-bond donors (Lipinski definition) is 2. The van der Waals surface area contributed by atoms with Crippen molar-refractivity contribution >= 4 is 18.0 Å². The molecular weight excluding hydrogens is 448 g/mol. The van der Waals surface area contributed by atoms with Crippen LogP contribution in [0.5, 0.6) is 0 Å². The minimum absolute atomic E-state index is 0.0107. The van der Waals surface area contributed by atoms with Gasteiger partial charge < -0.3 is 24.8 Å². The number of nitrogens with one attached hydrogen (secondary N) is 1. The van der Waals surface area contributed by atoms with Crippen LogP contribution in [0.25, 0.3) is 11.1 Å². The first-order chi connectivity index (χ1) is 16.9. The van der Waals surface area contributed by atoms with Crippen molar-refractivity contribution in [3.63, 3.8) is 0 Å². The minimum Gasteiger partial charge on any atom is -0.479 e. The van der Waals surface area contributed by atoms with Gasteiger partial charge >= 0.3 is 12.1 Å². The Morgan fingerprint density at radius 2 is 1.80 bits per heavy atom. The second kappa shape index (κ2) is 9.34. The highest BCUT2D eigenvalue weighted by atomic mass is 16.5. The Hall–Kier alpha value is -3.39. The summed E-state index contributed by atoms with van der Waals surface area (Å²) in [5.41, 5.74) is 3.38. The molecule has 0 aromatic heterocycles. The second-order valence-electron chi connectivity index (χ2n) is 9.71. The van der Waals surface area contributed by atoms with E-state index in [4.69, 9.17) is 9.47 Å². The van der Waals surface area contributed by atoms with Crippen LogP contribution >= 0.6 is 0 Å². The first kappa shape index (κ1) is 23.4. The molecule has 2 amide bonds. The summed E-state index contributed by atoms with van der Waals surface area (Å²) in [6, 6.07) is 16.1. The molecule has 2 aromatic carbocycles. The third-order valence-electron chi connectivity index (χ3n) is 7.57. The molecule has 3 aliphatic rings. The zero-order valence-electron chi connectivity index (χ0n) is 19.7. The highest BCUT2D eigenvalue weighted by Crippen LogP contribution is 2.44. The molecule has 35 heavy (non-hydrogen) atoms. The SMILES string of the molecule is CC(CCC(=O)N1CC2CCOC2(C(=O)O)C1)NC(=O)OCC1c2ccccc2-c2ccccc21. The van der Waals surface area contributed by atoms with E-state index in [1.807, 2.05) is 31.2 Å². The summed E-state index contributed by atoms with van der Waals surface area (Å²) in [6.07, 6.45) is 0.787. The lowest BCUT2D eigenvalue weighted by Gasteiger charge is -2.23. The maximum Gasteiger partial charge on any atom is 0.407 e. The van der Waals surface area contributed by atoms with Crippen LogP contribution in [0.3, 0.4) is 0 Å².